The van der Waals surface area contributed by atoms with Gasteiger partial charge in [-0.15, -0.1) is 0 Å². The molecule has 0 fully saturated rings. The predicted octanol–water partition coefficient (Wildman–Crippen LogP) is 5.31. The monoisotopic (exact) mass is 439 g/mol. The number of rotatable bonds is 7. The van der Waals surface area contributed by atoms with Crippen LogP contribution < -0.4 is 10.6 Å². The molecule has 0 saturated heterocycles. The summed E-state index contributed by atoms with van der Waals surface area (Å²) < 4.78 is 14.6. The lowest BCUT2D eigenvalue weighted by molar-refractivity contribution is -0.118. The summed E-state index contributed by atoms with van der Waals surface area (Å²) in [5.41, 5.74) is 8.36. The lowest BCUT2D eigenvalue weighted by Crippen LogP contribution is -2.25. The number of ketones is 1. The van der Waals surface area contributed by atoms with Gasteiger partial charge in [0.25, 0.3) is 0 Å². The number of benzene rings is 2. The summed E-state index contributed by atoms with van der Waals surface area (Å²) >= 11 is 6.41. The minimum Gasteiger partial charge on any atom is -0.384 e. The maximum Gasteiger partial charge on any atom is 0.226 e. The molecule has 1 amide bonds. The van der Waals surface area contributed by atoms with E-state index < -0.39 is 5.82 Å². The van der Waals surface area contributed by atoms with Crippen LogP contribution in [0, 0.1) is 5.82 Å². The number of nitrogens with zero attached hydrogens (tertiary/aromatic N) is 2. The fraction of sp³-hybridized carbons (Fsp3) is 0.208. The van der Waals surface area contributed by atoms with Crippen LogP contribution in [0.25, 0.3) is 11.1 Å². The van der Waals surface area contributed by atoms with Crippen molar-refractivity contribution in [2.75, 3.05) is 17.7 Å². The Morgan fingerprint density at radius 1 is 1.13 bits per heavy atom. The quantitative estimate of drug-likeness (QED) is 0.506. The summed E-state index contributed by atoms with van der Waals surface area (Å²) in [6, 6.07) is 13.1. The highest BCUT2D eigenvalue weighted by atomic mass is 35.5. The molecule has 0 saturated carbocycles. The van der Waals surface area contributed by atoms with E-state index in [1.807, 2.05) is 6.07 Å². The predicted molar refractivity (Wildman–Crippen MR) is 122 cm³/mol. The number of carbonyl (C=O) groups is 2. The maximum atomic E-state index is 14.6. The minimum atomic E-state index is -0.518. The van der Waals surface area contributed by atoms with Crippen molar-refractivity contribution in [2.45, 2.75) is 26.2 Å². The second-order valence-corrected chi connectivity index (χ2v) is 7.59. The van der Waals surface area contributed by atoms with Gasteiger partial charge >= 0.3 is 0 Å². The first-order valence-corrected chi connectivity index (χ1v) is 10.3. The summed E-state index contributed by atoms with van der Waals surface area (Å²) in [7, 11) is 1.54. The molecule has 0 aliphatic heterocycles. The van der Waals surface area contributed by atoms with Crippen LogP contribution in [0.3, 0.4) is 0 Å². The van der Waals surface area contributed by atoms with Crippen molar-refractivity contribution in [3.8, 4) is 11.1 Å². The van der Waals surface area contributed by atoms with Gasteiger partial charge in [0.1, 0.15) is 11.6 Å². The van der Waals surface area contributed by atoms with Gasteiger partial charge in [0.05, 0.1) is 5.69 Å². The Hall–Kier alpha value is -3.25. The molecule has 1 heterocycles. The number of pyridine rings is 1. The van der Waals surface area contributed by atoms with E-state index in [1.54, 1.807) is 49.5 Å². The molecule has 2 aromatic carbocycles. The maximum absolute atomic E-state index is 14.6. The molecule has 5 nitrogen and oxygen atoms in total. The van der Waals surface area contributed by atoms with Gasteiger partial charge in [-0.25, -0.2) is 9.37 Å². The highest BCUT2D eigenvalue weighted by molar-refractivity contribution is 6.33. The molecule has 7 heteroatoms. The average Bonchev–Trinajstić information content (AvgIpc) is 2.77. The Morgan fingerprint density at radius 3 is 2.52 bits per heavy atom. The number of carbonyl (C=O) groups excluding carboxylic acids is 2. The third kappa shape index (κ3) is 5.27. The van der Waals surface area contributed by atoms with E-state index >= 15 is 0 Å². The van der Waals surface area contributed by atoms with Gasteiger partial charge in [0, 0.05) is 42.2 Å². The molecule has 3 rings (SSSR count). The number of Topliss-reactive ketones (excluding diaryl/α,β-unsaturated/α-hetero) is 1. The van der Waals surface area contributed by atoms with E-state index in [-0.39, 0.29) is 23.8 Å². The topological polar surface area (TPSA) is 76.3 Å². The zero-order chi connectivity index (χ0) is 22.5. The summed E-state index contributed by atoms with van der Waals surface area (Å²) in [6.07, 6.45) is 2.79. The van der Waals surface area contributed by atoms with Gasteiger partial charge < -0.3 is 10.6 Å². The van der Waals surface area contributed by atoms with Gasteiger partial charge in [0.2, 0.25) is 5.91 Å². The molecule has 0 bridgehead atoms. The number of nitrogen functional groups attached to an aromatic ring is 1. The molecule has 0 unspecified atom stereocenters. The van der Waals surface area contributed by atoms with Crippen LogP contribution >= 0.6 is 11.6 Å². The summed E-state index contributed by atoms with van der Waals surface area (Å²) in [5, 5.41) is 0.352. The number of anilines is 2. The molecule has 1 aromatic heterocycles. The summed E-state index contributed by atoms with van der Waals surface area (Å²) in [4.78, 5) is 29.7. The largest absolute Gasteiger partial charge is 0.384 e. The minimum absolute atomic E-state index is 0.0495. The van der Waals surface area contributed by atoms with Crippen LogP contribution in [0.15, 0.2) is 54.7 Å². The van der Waals surface area contributed by atoms with E-state index in [1.165, 1.54) is 18.0 Å². The number of aryl methyl sites for hydroxylation is 1. The lowest BCUT2D eigenvalue weighted by Gasteiger charge is -2.18. The van der Waals surface area contributed by atoms with Gasteiger partial charge in [-0.2, -0.15) is 0 Å². The number of amides is 1. The van der Waals surface area contributed by atoms with Gasteiger partial charge in [-0.05, 0) is 41.8 Å². The Morgan fingerprint density at radius 2 is 1.90 bits per heavy atom. The van der Waals surface area contributed by atoms with E-state index in [0.717, 1.165) is 5.56 Å². The third-order valence-corrected chi connectivity index (χ3v) is 5.39. The van der Waals surface area contributed by atoms with Crippen molar-refractivity contribution in [2.24, 2.45) is 0 Å². The number of nitrogens with two attached hydrogens (primary N) is 1. The molecule has 0 aliphatic carbocycles. The average molecular weight is 440 g/mol. The van der Waals surface area contributed by atoms with E-state index in [2.05, 4.69) is 4.98 Å². The second-order valence-electron chi connectivity index (χ2n) is 7.18. The highest BCUT2D eigenvalue weighted by Crippen LogP contribution is 2.32. The molecule has 0 aliphatic rings. The van der Waals surface area contributed by atoms with Crippen molar-refractivity contribution in [1.82, 2.24) is 4.98 Å². The van der Waals surface area contributed by atoms with Crippen molar-refractivity contribution in [1.29, 1.82) is 0 Å². The Bertz CT molecular complexity index is 1120. The number of hydrogen-bond acceptors (Lipinski definition) is 4. The third-order valence-electron chi connectivity index (χ3n) is 5.08. The van der Waals surface area contributed by atoms with Crippen LogP contribution in [-0.2, 0) is 11.2 Å². The van der Waals surface area contributed by atoms with Crippen LogP contribution in [0.2, 0.25) is 5.02 Å². The number of halogens is 2. The molecule has 160 valence electrons. The molecule has 0 atom stereocenters. The molecule has 2 N–H and O–H groups in total. The van der Waals surface area contributed by atoms with Crippen LogP contribution in [0.5, 0.6) is 0 Å². The standard InChI is InChI=1S/C24H23ClFN3O2/c1-3-24(31)29(2)21-9-7-16(13-20(21)26)18-8-6-17(12-19(18)25)22(30)10-4-15-5-11-23(27)28-14-15/h5-9,11-14H,3-4,10H2,1-2H3,(H2,27,28). The van der Waals surface area contributed by atoms with E-state index in [0.29, 0.717) is 40.4 Å². The SMILES string of the molecule is CCC(=O)N(C)c1ccc(-c2ccc(C(=O)CCc3ccc(N)nc3)cc2Cl)cc1F. The first kappa shape index (κ1) is 22.4. The number of hydrogen-bond donors (Lipinski definition) is 1. The first-order chi connectivity index (χ1) is 14.8. The van der Waals surface area contributed by atoms with Gasteiger partial charge in [-0.1, -0.05) is 42.8 Å². The van der Waals surface area contributed by atoms with Crippen molar-refractivity contribution < 1.29 is 14.0 Å². The molecule has 0 radical (unpaired) electrons. The lowest BCUT2D eigenvalue weighted by atomic mass is 9.99. The van der Waals surface area contributed by atoms with Gasteiger partial charge in [-0.3, -0.25) is 9.59 Å². The summed E-state index contributed by atoms with van der Waals surface area (Å²) in [5.74, 6) is -0.311. The second kappa shape index (κ2) is 9.71. The molecule has 0 spiro atoms. The van der Waals surface area contributed by atoms with Crippen molar-refractivity contribution in [3.05, 3.63) is 76.7 Å². The first-order valence-electron chi connectivity index (χ1n) is 9.89. The van der Waals surface area contributed by atoms with Crippen LogP contribution in [-0.4, -0.2) is 23.7 Å². The van der Waals surface area contributed by atoms with Crippen LogP contribution in [0.4, 0.5) is 15.9 Å². The fourth-order valence-corrected chi connectivity index (χ4v) is 3.52. The fourth-order valence-electron chi connectivity index (χ4n) is 3.23. The van der Waals surface area contributed by atoms with E-state index in [4.69, 9.17) is 17.3 Å². The highest BCUT2D eigenvalue weighted by Gasteiger charge is 2.16. The van der Waals surface area contributed by atoms with Crippen LogP contribution in [0.1, 0.15) is 35.7 Å². The zero-order valence-electron chi connectivity index (χ0n) is 17.4. The Balaban J connectivity index is 1.75. The Labute approximate surface area is 185 Å². The molecular weight excluding hydrogens is 417 g/mol. The van der Waals surface area contributed by atoms with Gasteiger partial charge in [0.15, 0.2) is 5.78 Å². The normalized spacial score (nSPS) is 10.7. The smallest absolute Gasteiger partial charge is 0.226 e. The molecule has 31 heavy (non-hydrogen) atoms. The Kier molecular flexibility index (Phi) is 7.02. The summed E-state index contributed by atoms with van der Waals surface area (Å²) in [6.45, 7) is 1.72. The molecule has 3 aromatic rings. The van der Waals surface area contributed by atoms with E-state index in [9.17, 15) is 14.0 Å². The zero-order valence-corrected chi connectivity index (χ0v) is 18.1. The van der Waals surface area contributed by atoms with Crippen molar-refractivity contribution >= 4 is 34.8 Å². The number of aromatic nitrogens is 1. The van der Waals surface area contributed by atoms with Crippen molar-refractivity contribution in [3.63, 3.8) is 0 Å². The molecular formula is C24H23ClFN3O2.